The second-order valence-corrected chi connectivity index (χ2v) is 3.91. The highest BCUT2D eigenvalue weighted by Crippen LogP contribution is 2.28. The highest BCUT2D eigenvalue weighted by atomic mass is 16.6. The molecule has 2 heterocycles. The van der Waals surface area contributed by atoms with Crippen molar-refractivity contribution in [1.82, 2.24) is 14.8 Å². The molecule has 9 nitrogen and oxygen atoms in total. The zero-order chi connectivity index (χ0) is 13.3. The molecule has 1 amide bonds. The van der Waals surface area contributed by atoms with Crippen LogP contribution in [0, 0.1) is 0 Å². The molecule has 100 valence electrons. The lowest BCUT2D eigenvalue weighted by molar-refractivity contribution is -0.0648. The van der Waals surface area contributed by atoms with Crippen LogP contribution in [0.1, 0.15) is 16.8 Å². The average molecular weight is 258 g/mol. The van der Waals surface area contributed by atoms with E-state index in [1.807, 2.05) is 0 Å². The van der Waals surface area contributed by atoms with E-state index in [4.69, 9.17) is 15.2 Å². The number of primary amides is 1. The van der Waals surface area contributed by atoms with Gasteiger partial charge in [-0.25, -0.2) is 9.67 Å². The molecule has 0 aromatic carbocycles. The molecule has 9 heteroatoms. The van der Waals surface area contributed by atoms with Crippen molar-refractivity contribution < 1.29 is 24.5 Å². The molecule has 0 bridgehead atoms. The Kier molecular flexibility index (Phi) is 3.57. The summed E-state index contributed by atoms with van der Waals surface area (Å²) in [6.45, 7) is 0.131. The number of ether oxygens (including phenoxy) is 2. The molecule has 0 spiro atoms. The summed E-state index contributed by atoms with van der Waals surface area (Å²) < 4.78 is 11.4. The summed E-state index contributed by atoms with van der Waals surface area (Å²) in [5, 5.41) is 23.3. The predicted octanol–water partition coefficient (Wildman–Crippen LogP) is -2.36. The zero-order valence-corrected chi connectivity index (χ0v) is 9.63. The van der Waals surface area contributed by atoms with Gasteiger partial charge in [-0.1, -0.05) is 0 Å². The fourth-order valence-corrected chi connectivity index (χ4v) is 1.76. The Labute approximate surface area is 102 Å². The van der Waals surface area contributed by atoms with Gasteiger partial charge in [-0.2, -0.15) is 0 Å². The van der Waals surface area contributed by atoms with Crippen LogP contribution in [-0.4, -0.2) is 62.9 Å². The van der Waals surface area contributed by atoms with E-state index >= 15 is 0 Å². The highest BCUT2D eigenvalue weighted by Gasteiger charge is 2.44. The van der Waals surface area contributed by atoms with Crippen molar-refractivity contribution in [1.29, 1.82) is 0 Å². The van der Waals surface area contributed by atoms with Gasteiger partial charge < -0.3 is 25.4 Å². The zero-order valence-electron chi connectivity index (χ0n) is 9.63. The first kappa shape index (κ1) is 12.9. The molecule has 1 saturated heterocycles. The van der Waals surface area contributed by atoms with Crippen LogP contribution in [0.25, 0.3) is 0 Å². The minimum atomic E-state index is -1.19. The minimum Gasteiger partial charge on any atom is -0.387 e. The summed E-state index contributed by atoms with van der Waals surface area (Å²) in [4.78, 5) is 14.5. The molecule has 1 aromatic heterocycles. The van der Waals surface area contributed by atoms with Crippen LogP contribution in [-0.2, 0) is 9.47 Å². The highest BCUT2D eigenvalue weighted by molar-refractivity contribution is 5.88. The quantitative estimate of drug-likeness (QED) is 0.550. The van der Waals surface area contributed by atoms with Crippen molar-refractivity contribution in [2.24, 2.45) is 5.73 Å². The van der Waals surface area contributed by atoms with Gasteiger partial charge in [0.25, 0.3) is 5.91 Å². The van der Waals surface area contributed by atoms with Crippen LogP contribution in [0.2, 0.25) is 0 Å². The van der Waals surface area contributed by atoms with Crippen LogP contribution in [0.4, 0.5) is 0 Å². The maximum Gasteiger partial charge on any atom is 0.288 e. The molecule has 3 unspecified atom stereocenters. The molecule has 4 atom stereocenters. The normalized spacial score (nSPS) is 31.7. The Morgan fingerprint density at radius 2 is 2.33 bits per heavy atom. The number of nitrogens with two attached hydrogens (primary N) is 1. The molecule has 0 radical (unpaired) electrons. The van der Waals surface area contributed by atoms with Gasteiger partial charge in [0.1, 0.15) is 24.6 Å². The van der Waals surface area contributed by atoms with Gasteiger partial charge in [-0.15, -0.1) is 5.10 Å². The van der Waals surface area contributed by atoms with Crippen molar-refractivity contribution in [3.8, 4) is 0 Å². The van der Waals surface area contributed by atoms with E-state index in [1.54, 1.807) is 0 Å². The average Bonchev–Trinajstić information content (AvgIpc) is 2.90. The van der Waals surface area contributed by atoms with E-state index < -0.39 is 30.4 Å². The van der Waals surface area contributed by atoms with E-state index in [0.29, 0.717) is 0 Å². The number of methoxy groups -OCH3 is 1. The van der Waals surface area contributed by atoms with Crippen LogP contribution in [0.5, 0.6) is 0 Å². The van der Waals surface area contributed by atoms with Gasteiger partial charge in [-0.05, 0) is 0 Å². The number of aliphatic hydroxyl groups is 2. The van der Waals surface area contributed by atoms with Crippen molar-refractivity contribution in [2.45, 2.75) is 24.5 Å². The lowest BCUT2D eigenvalue weighted by atomic mass is 10.1. The van der Waals surface area contributed by atoms with Gasteiger partial charge in [0.05, 0.1) is 6.61 Å². The number of hydrogen-bond acceptors (Lipinski definition) is 7. The molecule has 1 aliphatic heterocycles. The first-order valence-electron chi connectivity index (χ1n) is 5.26. The van der Waals surface area contributed by atoms with Gasteiger partial charge in [0.15, 0.2) is 6.23 Å². The molecule has 1 aliphatic rings. The lowest BCUT2D eigenvalue weighted by Gasteiger charge is -2.13. The molecule has 1 aromatic rings. The smallest absolute Gasteiger partial charge is 0.288 e. The largest absolute Gasteiger partial charge is 0.387 e. The molecule has 0 aliphatic carbocycles. The first-order chi connectivity index (χ1) is 8.54. The number of carbonyl (C=O) groups excluding carboxylic acids is 1. The fraction of sp³-hybridized carbons (Fsp3) is 0.667. The van der Waals surface area contributed by atoms with Crippen molar-refractivity contribution >= 4 is 5.91 Å². The molecular weight excluding hydrogens is 244 g/mol. The van der Waals surface area contributed by atoms with E-state index in [-0.39, 0.29) is 12.4 Å². The van der Waals surface area contributed by atoms with Gasteiger partial charge in [0, 0.05) is 7.11 Å². The summed E-state index contributed by atoms with van der Waals surface area (Å²) in [6, 6.07) is 0. The summed E-state index contributed by atoms with van der Waals surface area (Å²) in [5.74, 6) is -0.967. The van der Waals surface area contributed by atoms with E-state index in [1.165, 1.54) is 13.4 Å². The SMILES string of the molecule is COCC1O[C@@H](n2cnc(C(N)=O)n2)C(O)C1O. The first-order valence-corrected chi connectivity index (χ1v) is 5.26. The fourth-order valence-electron chi connectivity index (χ4n) is 1.76. The molecule has 0 saturated carbocycles. The van der Waals surface area contributed by atoms with Crippen LogP contribution in [0.15, 0.2) is 6.33 Å². The van der Waals surface area contributed by atoms with Crippen molar-refractivity contribution in [3.05, 3.63) is 12.2 Å². The van der Waals surface area contributed by atoms with E-state index in [0.717, 1.165) is 4.68 Å². The van der Waals surface area contributed by atoms with Crippen LogP contribution < -0.4 is 5.73 Å². The Bertz CT molecular complexity index is 436. The second kappa shape index (κ2) is 4.98. The summed E-state index contributed by atoms with van der Waals surface area (Å²) in [5.41, 5.74) is 5.01. The monoisotopic (exact) mass is 258 g/mol. The number of hydrogen-bond donors (Lipinski definition) is 3. The number of amides is 1. The van der Waals surface area contributed by atoms with Gasteiger partial charge in [0.2, 0.25) is 5.82 Å². The third-order valence-electron chi connectivity index (χ3n) is 2.66. The Morgan fingerprint density at radius 3 is 2.89 bits per heavy atom. The topological polar surface area (TPSA) is 133 Å². The van der Waals surface area contributed by atoms with E-state index in [9.17, 15) is 15.0 Å². The predicted molar refractivity (Wildman–Crippen MR) is 56.3 cm³/mol. The standard InChI is InChI=1S/C9H14N4O5/c1-17-2-4-5(14)6(15)9(18-4)13-3-11-8(12-13)7(10)16/h3-6,9,14-15H,2H2,1H3,(H2,10,16)/t4?,5?,6?,9-/m1/s1. The number of rotatable bonds is 4. The Morgan fingerprint density at radius 1 is 1.61 bits per heavy atom. The van der Waals surface area contributed by atoms with Crippen LogP contribution >= 0.6 is 0 Å². The second-order valence-electron chi connectivity index (χ2n) is 3.91. The molecular formula is C9H14N4O5. The third kappa shape index (κ3) is 2.20. The Balaban J connectivity index is 2.15. The van der Waals surface area contributed by atoms with Crippen molar-refractivity contribution in [2.75, 3.05) is 13.7 Å². The molecule has 18 heavy (non-hydrogen) atoms. The summed E-state index contributed by atoms with van der Waals surface area (Å²) >= 11 is 0. The van der Waals surface area contributed by atoms with Gasteiger partial charge in [-0.3, -0.25) is 4.79 Å². The Hall–Kier alpha value is -1.55. The summed E-state index contributed by atoms with van der Waals surface area (Å²) in [6.07, 6.45) is -2.68. The van der Waals surface area contributed by atoms with Gasteiger partial charge >= 0.3 is 0 Å². The van der Waals surface area contributed by atoms with Crippen molar-refractivity contribution in [3.63, 3.8) is 0 Å². The maximum absolute atomic E-state index is 10.9. The van der Waals surface area contributed by atoms with Crippen LogP contribution in [0.3, 0.4) is 0 Å². The number of nitrogens with zero attached hydrogens (tertiary/aromatic N) is 3. The molecule has 2 rings (SSSR count). The minimum absolute atomic E-state index is 0.131. The number of aliphatic hydroxyl groups excluding tert-OH is 2. The third-order valence-corrected chi connectivity index (χ3v) is 2.66. The molecule has 1 fully saturated rings. The lowest BCUT2D eigenvalue weighted by Crippen LogP contribution is -2.33. The van der Waals surface area contributed by atoms with E-state index in [2.05, 4.69) is 10.1 Å². The summed E-state index contributed by atoms with van der Waals surface area (Å²) in [7, 11) is 1.45. The molecule has 4 N–H and O–H groups in total. The number of aromatic nitrogens is 3. The maximum atomic E-state index is 10.9. The number of carbonyl (C=O) groups is 1.